The summed E-state index contributed by atoms with van der Waals surface area (Å²) < 4.78 is 104. The molecule has 0 unspecified atom stereocenters. The van der Waals surface area contributed by atoms with Gasteiger partial charge >= 0.3 is 6.18 Å². The van der Waals surface area contributed by atoms with Crippen LogP contribution in [0.2, 0.25) is 0 Å². The minimum atomic E-state index is -5.63. The summed E-state index contributed by atoms with van der Waals surface area (Å²) >= 11 is 1.89. The Balaban J connectivity index is 2.36. The maximum atomic E-state index is 13.8. The van der Waals surface area contributed by atoms with Crippen molar-refractivity contribution in [2.24, 2.45) is 5.10 Å². The first-order valence-corrected chi connectivity index (χ1v) is 8.76. The van der Waals surface area contributed by atoms with Crippen molar-refractivity contribution in [2.75, 3.05) is 19.1 Å². The average Bonchev–Trinajstić information content (AvgIpc) is 2.67. The Labute approximate surface area is 179 Å². The lowest BCUT2D eigenvalue weighted by Crippen LogP contribution is -2.16. The van der Waals surface area contributed by atoms with Crippen LogP contribution in [0.5, 0.6) is 11.5 Å². The molecule has 0 fully saturated rings. The molecule has 0 aliphatic heterocycles. The van der Waals surface area contributed by atoms with E-state index in [9.17, 15) is 30.7 Å². The van der Waals surface area contributed by atoms with Crippen LogP contribution < -0.4 is 14.9 Å². The van der Waals surface area contributed by atoms with Gasteiger partial charge < -0.3 is 9.47 Å². The normalized spacial score (nSPS) is 11.5. The summed E-state index contributed by atoms with van der Waals surface area (Å²) in [6.45, 7) is -0.0367. The van der Waals surface area contributed by atoms with E-state index < -0.39 is 40.7 Å². The second-order valence-electron chi connectivity index (χ2n) is 5.40. The maximum absolute atomic E-state index is 13.8. The lowest BCUT2D eigenvalue weighted by atomic mass is 10.1. The fourth-order valence-electron chi connectivity index (χ4n) is 2.22. The Bertz CT molecular complexity index is 1000. The summed E-state index contributed by atoms with van der Waals surface area (Å²) in [5, 5.41) is 3.41. The smallest absolute Gasteiger partial charge is 0.422 e. The largest absolute Gasteiger partial charge is 0.493 e. The number of nitrogens with one attached hydrogen (secondary N) is 1. The van der Waals surface area contributed by atoms with Crippen molar-refractivity contribution < 1.29 is 40.2 Å². The molecule has 2 aromatic carbocycles. The summed E-state index contributed by atoms with van der Waals surface area (Å²) in [7, 11) is 1.34. The third-order valence-electron chi connectivity index (χ3n) is 3.49. The Morgan fingerprint density at radius 1 is 1.13 bits per heavy atom. The summed E-state index contributed by atoms with van der Waals surface area (Å²) in [6, 6.07) is 2.90. The van der Waals surface area contributed by atoms with Crippen LogP contribution in [0, 0.1) is 39.2 Å². The van der Waals surface area contributed by atoms with Crippen LogP contribution in [0.25, 0.3) is 0 Å². The van der Waals surface area contributed by atoms with Gasteiger partial charge in [-0.3, -0.25) is 5.43 Å². The molecule has 2 rings (SSSR count). The van der Waals surface area contributed by atoms with Crippen LogP contribution in [0.4, 0.5) is 36.4 Å². The summed E-state index contributed by atoms with van der Waals surface area (Å²) in [5.74, 6) is -6.90. The lowest BCUT2D eigenvalue weighted by Gasteiger charge is -2.13. The van der Waals surface area contributed by atoms with Crippen molar-refractivity contribution in [2.45, 2.75) is 6.18 Å². The Morgan fingerprint density at radius 2 is 1.73 bits per heavy atom. The standard InChI is InChI=1S/C18H10F7IN2O2/c1-3-4-30-17-9(26)5-8(6-10(17)29-2)7-27-28-16-14(21)12(19)11(18(23,24)25)13(20)15(16)22/h1,5-7,28H,4H2,2H3/b27-7-. The number of terminal acetylenes is 1. The van der Waals surface area contributed by atoms with Gasteiger partial charge in [-0.25, -0.2) is 17.6 Å². The molecular formula is C18H10F7IN2O2. The summed E-state index contributed by atoms with van der Waals surface area (Å²) in [6.07, 6.45) is 0.480. The number of hydrogen-bond acceptors (Lipinski definition) is 4. The molecule has 0 amide bonds. The van der Waals surface area contributed by atoms with Crippen LogP contribution in [0.1, 0.15) is 11.1 Å². The van der Waals surface area contributed by atoms with Crippen molar-refractivity contribution in [3.05, 3.63) is 50.1 Å². The minimum Gasteiger partial charge on any atom is -0.493 e. The van der Waals surface area contributed by atoms with Gasteiger partial charge in [-0.1, -0.05) is 5.92 Å². The number of nitrogens with zero attached hydrogens (tertiary/aromatic N) is 1. The molecule has 2 aromatic rings. The summed E-state index contributed by atoms with van der Waals surface area (Å²) in [4.78, 5) is 0. The van der Waals surface area contributed by atoms with Crippen molar-refractivity contribution >= 4 is 34.5 Å². The van der Waals surface area contributed by atoms with E-state index in [0.717, 1.165) is 6.21 Å². The third kappa shape index (κ3) is 4.89. The number of benzene rings is 2. The first-order valence-electron chi connectivity index (χ1n) is 7.68. The van der Waals surface area contributed by atoms with Crippen LogP contribution in [-0.4, -0.2) is 19.9 Å². The third-order valence-corrected chi connectivity index (χ3v) is 4.29. The van der Waals surface area contributed by atoms with Gasteiger partial charge in [0.15, 0.2) is 34.8 Å². The molecule has 1 N–H and O–H groups in total. The van der Waals surface area contributed by atoms with Gasteiger partial charge in [0.1, 0.15) is 17.9 Å². The van der Waals surface area contributed by atoms with Crippen LogP contribution in [0.15, 0.2) is 17.2 Å². The van der Waals surface area contributed by atoms with Gasteiger partial charge in [0.05, 0.1) is 16.9 Å². The van der Waals surface area contributed by atoms with Gasteiger partial charge in [-0.05, 0) is 40.3 Å². The predicted octanol–water partition coefficient (Wildman–Crippen LogP) is 5.33. The van der Waals surface area contributed by atoms with Gasteiger partial charge in [0.25, 0.3) is 0 Å². The zero-order valence-electron chi connectivity index (χ0n) is 14.8. The maximum Gasteiger partial charge on any atom is 0.422 e. The van der Waals surface area contributed by atoms with Crippen LogP contribution >= 0.6 is 22.6 Å². The Morgan fingerprint density at radius 3 is 2.23 bits per heavy atom. The molecule has 12 heteroatoms. The molecule has 0 radical (unpaired) electrons. The quantitative estimate of drug-likeness (QED) is 0.133. The highest BCUT2D eigenvalue weighted by Gasteiger charge is 2.42. The number of ether oxygens (including phenoxy) is 2. The fraction of sp³-hybridized carbons (Fsp3) is 0.167. The first-order chi connectivity index (χ1) is 14.0. The molecule has 0 aliphatic carbocycles. The fourth-order valence-corrected chi connectivity index (χ4v) is 3.00. The predicted molar refractivity (Wildman–Crippen MR) is 103 cm³/mol. The van der Waals surface area contributed by atoms with Crippen molar-refractivity contribution in [1.29, 1.82) is 0 Å². The molecule has 0 heterocycles. The number of hydrogen-bond donors (Lipinski definition) is 1. The molecule has 160 valence electrons. The number of methoxy groups -OCH3 is 1. The molecule has 0 aliphatic rings. The number of alkyl halides is 3. The van der Waals surface area contributed by atoms with Crippen LogP contribution in [-0.2, 0) is 6.18 Å². The highest BCUT2D eigenvalue weighted by atomic mass is 127. The summed E-state index contributed by atoms with van der Waals surface area (Å²) in [5.41, 5.74) is -2.23. The zero-order chi connectivity index (χ0) is 22.6. The lowest BCUT2D eigenvalue weighted by molar-refractivity contribution is -0.143. The molecule has 0 bridgehead atoms. The van der Waals surface area contributed by atoms with Crippen molar-refractivity contribution in [3.8, 4) is 23.8 Å². The van der Waals surface area contributed by atoms with Gasteiger partial charge in [0, 0.05) is 0 Å². The zero-order valence-corrected chi connectivity index (χ0v) is 17.0. The average molecular weight is 546 g/mol. The topological polar surface area (TPSA) is 42.8 Å². The molecule has 0 spiro atoms. The van der Waals surface area contributed by atoms with E-state index in [2.05, 4.69) is 11.0 Å². The van der Waals surface area contributed by atoms with E-state index in [1.165, 1.54) is 19.2 Å². The second-order valence-corrected chi connectivity index (χ2v) is 6.56. The van der Waals surface area contributed by atoms with E-state index >= 15 is 0 Å². The highest BCUT2D eigenvalue weighted by molar-refractivity contribution is 14.1. The van der Waals surface area contributed by atoms with E-state index in [-0.39, 0.29) is 12.4 Å². The molecule has 0 aromatic heterocycles. The van der Waals surface area contributed by atoms with Crippen LogP contribution in [0.3, 0.4) is 0 Å². The molecule has 4 nitrogen and oxygen atoms in total. The van der Waals surface area contributed by atoms with Gasteiger partial charge in [-0.2, -0.15) is 18.3 Å². The molecule has 0 saturated heterocycles. The Hall–Kier alpha value is -2.69. The number of halogens is 8. The number of anilines is 1. The number of rotatable bonds is 6. The molecule has 0 saturated carbocycles. The monoisotopic (exact) mass is 546 g/mol. The van der Waals surface area contributed by atoms with E-state index in [1.54, 1.807) is 5.43 Å². The van der Waals surface area contributed by atoms with E-state index in [0.29, 0.717) is 14.9 Å². The SMILES string of the molecule is C#CCOc1c(I)cc(/C=N\Nc2c(F)c(F)c(C(F)(F)F)c(F)c2F)cc1OC. The van der Waals surface area contributed by atoms with E-state index in [4.69, 9.17) is 15.9 Å². The molecular weight excluding hydrogens is 536 g/mol. The van der Waals surface area contributed by atoms with Crippen molar-refractivity contribution in [3.63, 3.8) is 0 Å². The van der Waals surface area contributed by atoms with E-state index in [1.807, 2.05) is 22.6 Å². The molecule has 30 heavy (non-hydrogen) atoms. The second kappa shape index (κ2) is 9.41. The van der Waals surface area contributed by atoms with Gasteiger partial charge in [-0.15, -0.1) is 6.42 Å². The Kier molecular flexibility index (Phi) is 7.40. The van der Waals surface area contributed by atoms with Gasteiger partial charge in [0.2, 0.25) is 0 Å². The molecule has 0 atom stereocenters. The minimum absolute atomic E-state index is 0.0367. The number of hydrazone groups is 1. The highest BCUT2D eigenvalue weighted by Crippen LogP contribution is 2.38. The van der Waals surface area contributed by atoms with Crippen molar-refractivity contribution in [1.82, 2.24) is 0 Å². The first kappa shape index (κ1) is 23.6.